The smallest absolute Gasteiger partial charge is 0.147 e. The third kappa shape index (κ3) is 1.82. The summed E-state index contributed by atoms with van der Waals surface area (Å²) < 4.78 is 0. The maximum atomic E-state index is 5.86. The zero-order valence-electron chi connectivity index (χ0n) is 6.37. The SMILES string of the molecule is Clc1ccc(-c2nncs2)cc1Cl. The second kappa shape index (κ2) is 3.62. The van der Waals surface area contributed by atoms with Crippen LogP contribution in [0.1, 0.15) is 0 Å². The number of hydrogen-bond acceptors (Lipinski definition) is 3. The topological polar surface area (TPSA) is 25.8 Å². The summed E-state index contributed by atoms with van der Waals surface area (Å²) in [5.74, 6) is 0. The third-order valence-corrected chi connectivity index (χ3v) is 3.01. The fourth-order valence-corrected chi connectivity index (χ4v) is 1.78. The van der Waals surface area contributed by atoms with Gasteiger partial charge in [-0.25, -0.2) is 0 Å². The number of nitrogens with zero attached hydrogens (tertiary/aromatic N) is 2. The molecule has 1 aromatic carbocycles. The Bertz CT molecular complexity index is 414. The van der Waals surface area contributed by atoms with E-state index in [2.05, 4.69) is 10.2 Å². The predicted molar refractivity (Wildman–Crippen MR) is 55.4 cm³/mol. The minimum absolute atomic E-state index is 0.536. The van der Waals surface area contributed by atoms with Gasteiger partial charge in [0.1, 0.15) is 10.5 Å². The lowest BCUT2D eigenvalue weighted by Gasteiger charge is -1.97. The minimum Gasteiger partial charge on any atom is -0.147 e. The molecule has 0 radical (unpaired) electrons. The average Bonchev–Trinajstić information content (AvgIpc) is 2.62. The van der Waals surface area contributed by atoms with Gasteiger partial charge in [0.2, 0.25) is 0 Å². The number of rotatable bonds is 1. The minimum atomic E-state index is 0.536. The summed E-state index contributed by atoms with van der Waals surface area (Å²) >= 11 is 13.1. The molecule has 2 rings (SSSR count). The lowest BCUT2D eigenvalue weighted by Crippen LogP contribution is -1.77. The molecule has 0 N–H and O–H groups in total. The van der Waals surface area contributed by atoms with Crippen molar-refractivity contribution < 1.29 is 0 Å². The summed E-state index contributed by atoms with van der Waals surface area (Å²) in [5.41, 5.74) is 2.62. The van der Waals surface area contributed by atoms with Gasteiger partial charge in [-0.3, -0.25) is 0 Å². The lowest BCUT2D eigenvalue weighted by molar-refractivity contribution is 1.10. The van der Waals surface area contributed by atoms with E-state index in [1.54, 1.807) is 17.6 Å². The van der Waals surface area contributed by atoms with E-state index in [9.17, 15) is 0 Å². The molecular weight excluding hydrogens is 227 g/mol. The number of hydrogen-bond donors (Lipinski definition) is 0. The molecule has 0 aliphatic heterocycles. The van der Waals surface area contributed by atoms with E-state index in [4.69, 9.17) is 23.2 Å². The van der Waals surface area contributed by atoms with Crippen LogP contribution in [0, 0.1) is 0 Å². The number of aromatic nitrogens is 2. The summed E-state index contributed by atoms with van der Waals surface area (Å²) in [6, 6.07) is 5.40. The molecular formula is C8H4Cl2N2S. The fourth-order valence-electron chi connectivity index (χ4n) is 0.928. The molecule has 0 spiro atoms. The van der Waals surface area contributed by atoms with Gasteiger partial charge < -0.3 is 0 Å². The monoisotopic (exact) mass is 230 g/mol. The molecule has 0 saturated heterocycles. The van der Waals surface area contributed by atoms with Gasteiger partial charge in [0.05, 0.1) is 10.0 Å². The Labute approximate surface area is 89.1 Å². The van der Waals surface area contributed by atoms with E-state index in [0.717, 1.165) is 10.6 Å². The van der Waals surface area contributed by atoms with Gasteiger partial charge in [0.15, 0.2) is 0 Å². The Kier molecular flexibility index (Phi) is 2.49. The molecule has 66 valence electrons. The zero-order valence-corrected chi connectivity index (χ0v) is 8.70. The maximum absolute atomic E-state index is 5.86. The van der Waals surface area contributed by atoms with E-state index >= 15 is 0 Å². The Balaban J connectivity index is 2.49. The van der Waals surface area contributed by atoms with Crippen LogP contribution in [0.25, 0.3) is 10.6 Å². The van der Waals surface area contributed by atoms with Gasteiger partial charge in [-0.1, -0.05) is 40.6 Å². The molecule has 13 heavy (non-hydrogen) atoms. The Morgan fingerprint density at radius 3 is 2.62 bits per heavy atom. The second-order valence-corrected chi connectivity index (χ2v) is 4.02. The van der Waals surface area contributed by atoms with Crippen LogP contribution < -0.4 is 0 Å². The van der Waals surface area contributed by atoms with Gasteiger partial charge >= 0.3 is 0 Å². The Morgan fingerprint density at radius 2 is 2.00 bits per heavy atom. The van der Waals surface area contributed by atoms with Gasteiger partial charge in [-0.15, -0.1) is 10.2 Å². The molecule has 2 nitrogen and oxygen atoms in total. The first-order valence-electron chi connectivity index (χ1n) is 3.49. The summed E-state index contributed by atoms with van der Waals surface area (Å²) in [6.45, 7) is 0. The van der Waals surface area contributed by atoms with Crippen molar-refractivity contribution in [2.75, 3.05) is 0 Å². The van der Waals surface area contributed by atoms with Crippen LogP contribution in [-0.2, 0) is 0 Å². The van der Waals surface area contributed by atoms with Gasteiger partial charge in [-0.2, -0.15) is 0 Å². The molecule has 0 unspecified atom stereocenters. The average molecular weight is 231 g/mol. The number of benzene rings is 1. The van der Waals surface area contributed by atoms with Crippen molar-refractivity contribution in [1.82, 2.24) is 10.2 Å². The molecule has 0 fully saturated rings. The van der Waals surface area contributed by atoms with Gasteiger partial charge in [0, 0.05) is 5.56 Å². The Morgan fingerprint density at radius 1 is 1.15 bits per heavy atom. The van der Waals surface area contributed by atoms with Crippen LogP contribution >= 0.6 is 34.5 Å². The van der Waals surface area contributed by atoms with Crippen molar-refractivity contribution in [3.05, 3.63) is 33.8 Å². The third-order valence-electron chi connectivity index (χ3n) is 1.53. The van der Waals surface area contributed by atoms with Crippen LogP contribution in [0.4, 0.5) is 0 Å². The van der Waals surface area contributed by atoms with E-state index < -0.39 is 0 Å². The molecule has 0 saturated carbocycles. The lowest BCUT2D eigenvalue weighted by atomic mass is 10.2. The van der Waals surface area contributed by atoms with Crippen LogP contribution in [0.5, 0.6) is 0 Å². The molecule has 5 heteroatoms. The molecule has 1 heterocycles. The number of halogens is 2. The van der Waals surface area contributed by atoms with Crippen molar-refractivity contribution >= 4 is 34.5 Å². The van der Waals surface area contributed by atoms with Crippen LogP contribution in [-0.4, -0.2) is 10.2 Å². The highest BCUT2D eigenvalue weighted by atomic mass is 35.5. The molecule has 0 amide bonds. The van der Waals surface area contributed by atoms with Crippen molar-refractivity contribution in [3.8, 4) is 10.6 Å². The van der Waals surface area contributed by atoms with E-state index in [0.29, 0.717) is 10.0 Å². The van der Waals surface area contributed by atoms with E-state index in [-0.39, 0.29) is 0 Å². The standard InChI is InChI=1S/C8H4Cl2N2S/c9-6-2-1-5(3-7(6)10)8-12-11-4-13-8/h1-4H. The quantitative estimate of drug-likeness (QED) is 0.750. The zero-order chi connectivity index (χ0) is 9.26. The summed E-state index contributed by atoms with van der Waals surface area (Å²) in [6.07, 6.45) is 0. The van der Waals surface area contributed by atoms with Gasteiger partial charge in [0.25, 0.3) is 0 Å². The van der Waals surface area contributed by atoms with Crippen molar-refractivity contribution in [2.24, 2.45) is 0 Å². The molecule has 0 aliphatic carbocycles. The van der Waals surface area contributed by atoms with Crippen LogP contribution in [0.15, 0.2) is 23.7 Å². The predicted octanol–water partition coefficient (Wildman–Crippen LogP) is 3.51. The summed E-state index contributed by atoms with van der Waals surface area (Å²) in [5, 5.41) is 9.60. The molecule has 0 bridgehead atoms. The Hall–Kier alpha value is -0.640. The molecule has 0 aliphatic rings. The normalized spacial score (nSPS) is 10.3. The van der Waals surface area contributed by atoms with Gasteiger partial charge in [-0.05, 0) is 12.1 Å². The fraction of sp³-hybridized carbons (Fsp3) is 0. The van der Waals surface area contributed by atoms with Crippen molar-refractivity contribution in [2.45, 2.75) is 0 Å². The highest BCUT2D eigenvalue weighted by Crippen LogP contribution is 2.28. The molecule has 1 aromatic heterocycles. The highest BCUT2D eigenvalue weighted by Gasteiger charge is 2.03. The van der Waals surface area contributed by atoms with Crippen LogP contribution in [0.2, 0.25) is 10.0 Å². The van der Waals surface area contributed by atoms with E-state index in [1.807, 2.05) is 6.07 Å². The summed E-state index contributed by atoms with van der Waals surface area (Å²) in [4.78, 5) is 0. The van der Waals surface area contributed by atoms with E-state index in [1.165, 1.54) is 11.3 Å². The van der Waals surface area contributed by atoms with Crippen molar-refractivity contribution in [3.63, 3.8) is 0 Å². The first-order chi connectivity index (χ1) is 6.27. The maximum Gasteiger partial charge on any atom is 0.147 e. The second-order valence-electron chi connectivity index (χ2n) is 2.37. The molecule has 0 atom stereocenters. The first-order valence-corrected chi connectivity index (χ1v) is 5.12. The van der Waals surface area contributed by atoms with Crippen LogP contribution in [0.3, 0.4) is 0 Å². The van der Waals surface area contributed by atoms with Crippen molar-refractivity contribution in [1.29, 1.82) is 0 Å². The first kappa shape index (κ1) is 8.94. The molecule has 2 aromatic rings. The summed E-state index contributed by atoms with van der Waals surface area (Å²) in [7, 11) is 0. The largest absolute Gasteiger partial charge is 0.147 e. The highest BCUT2D eigenvalue weighted by molar-refractivity contribution is 7.12.